The van der Waals surface area contributed by atoms with Crippen LogP contribution in [0.4, 0.5) is 4.79 Å². The predicted octanol–water partition coefficient (Wildman–Crippen LogP) is 5.06. The molecule has 0 atom stereocenters. The van der Waals surface area contributed by atoms with E-state index in [4.69, 9.17) is 34.7 Å². The Balaban J connectivity index is 0.000000515. The van der Waals surface area contributed by atoms with Crippen LogP contribution in [0.25, 0.3) is 0 Å². The third-order valence-electron chi connectivity index (χ3n) is 3.38. The Morgan fingerprint density at radius 1 is 0.656 bits per heavy atom. The molecule has 0 amide bonds. The molecule has 0 fully saturated rings. The molecule has 0 unspecified atom stereocenters. The monoisotopic (exact) mass is 450 g/mol. The van der Waals surface area contributed by atoms with E-state index in [9.17, 15) is 9.59 Å². The van der Waals surface area contributed by atoms with E-state index < -0.39 is 18.1 Å². The summed E-state index contributed by atoms with van der Waals surface area (Å²) in [5, 5.41) is 31.6. The zero-order chi connectivity index (χ0) is 24.7. The molecule has 0 bridgehead atoms. The number of aromatic carboxylic acids is 2. The summed E-state index contributed by atoms with van der Waals surface area (Å²) < 4.78 is 10.8. The van der Waals surface area contributed by atoms with Crippen LogP contribution in [0.15, 0.2) is 48.5 Å². The first-order valence-corrected chi connectivity index (χ1v) is 9.77. The molecule has 32 heavy (non-hydrogen) atoms. The van der Waals surface area contributed by atoms with E-state index in [2.05, 4.69) is 0 Å². The van der Waals surface area contributed by atoms with E-state index in [0.29, 0.717) is 36.5 Å². The van der Waals surface area contributed by atoms with Crippen molar-refractivity contribution in [3.05, 3.63) is 59.7 Å². The maximum atomic E-state index is 10.8. The average molecular weight is 450 g/mol. The molecule has 2 rings (SSSR count). The van der Waals surface area contributed by atoms with E-state index in [0.717, 1.165) is 0 Å². The fourth-order valence-corrected chi connectivity index (χ4v) is 2.05. The molecule has 0 radical (unpaired) electrons. The number of carboxylic acids is 2. The van der Waals surface area contributed by atoms with Gasteiger partial charge >= 0.3 is 18.1 Å². The van der Waals surface area contributed by atoms with E-state index >= 15 is 0 Å². The fraction of sp³-hybridized carbons (Fsp3) is 0.348. The zero-order valence-corrected chi connectivity index (χ0v) is 18.5. The highest BCUT2D eigenvalue weighted by Crippen LogP contribution is 2.19. The van der Waals surface area contributed by atoms with Crippen LogP contribution in [-0.2, 0) is 0 Å². The summed E-state index contributed by atoms with van der Waals surface area (Å²) >= 11 is 0. The zero-order valence-electron chi connectivity index (χ0n) is 18.5. The Labute approximate surface area is 186 Å². The summed E-state index contributed by atoms with van der Waals surface area (Å²) in [5.74, 6) is -0.259. The summed E-state index contributed by atoms with van der Waals surface area (Å²) in [5.41, 5.74) is 0.432. The molecule has 0 saturated heterocycles. The summed E-state index contributed by atoms with van der Waals surface area (Å²) in [6.45, 7) is 9.13. The maximum Gasteiger partial charge on any atom is 0.503 e. The minimum absolute atomic E-state index is 0.216. The van der Waals surface area contributed by atoms with Crippen LogP contribution < -0.4 is 9.47 Å². The quantitative estimate of drug-likeness (QED) is 0.432. The lowest BCUT2D eigenvalue weighted by atomic mass is 10.2. The van der Waals surface area contributed by atoms with Crippen LogP contribution in [-0.4, -0.2) is 51.7 Å². The van der Waals surface area contributed by atoms with Gasteiger partial charge in [-0.05, 0) is 36.1 Å². The van der Waals surface area contributed by atoms with Gasteiger partial charge in [0.1, 0.15) is 22.6 Å². The van der Waals surface area contributed by atoms with Gasteiger partial charge in [-0.1, -0.05) is 52.0 Å². The molecule has 0 aliphatic rings. The van der Waals surface area contributed by atoms with E-state index in [1.54, 1.807) is 36.4 Å². The van der Waals surface area contributed by atoms with Crippen LogP contribution in [0.3, 0.4) is 0 Å². The van der Waals surface area contributed by atoms with Crippen molar-refractivity contribution >= 4 is 18.1 Å². The van der Waals surface area contributed by atoms with Crippen molar-refractivity contribution in [2.45, 2.75) is 27.7 Å². The molecule has 0 saturated carbocycles. The lowest BCUT2D eigenvalue weighted by Gasteiger charge is -2.10. The molecule has 0 aliphatic heterocycles. The Bertz CT molecular complexity index is 791. The van der Waals surface area contributed by atoms with Crippen molar-refractivity contribution in [1.29, 1.82) is 0 Å². The molecule has 9 heteroatoms. The molecule has 0 aromatic heterocycles. The minimum Gasteiger partial charge on any atom is -0.492 e. The van der Waals surface area contributed by atoms with E-state index in [1.807, 2.05) is 27.7 Å². The average Bonchev–Trinajstić information content (AvgIpc) is 2.71. The summed E-state index contributed by atoms with van der Waals surface area (Å²) in [7, 11) is 0. The number of hydrogen-bond acceptors (Lipinski definition) is 5. The predicted molar refractivity (Wildman–Crippen MR) is 118 cm³/mol. The lowest BCUT2D eigenvalue weighted by Crippen LogP contribution is -2.08. The highest BCUT2D eigenvalue weighted by atomic mass is 16.6. The molecule has 9 nitrogen and oxygen atoms in total. The summed E-state index contributed by atoms with van der Waals surface area (Å²) in [4.78, 5) is 30.1. The van der Waals surface area contributed by atoms with Crippen molar-refractivity contribution in [3.8, 4) is 11.5 Å². The van der Waals surface area contributed by atoms with Crippen LogP contribution >= 0.6 is 0 Å². The third kappa shape index (κ3) is 12.7. The first kappa shape index (κ1) is 28.2. The second-order valence-electron chi connectivity index (χ2n) is 7.29. The van der Waals surface area contributed by atoms with Crippen molar-refractivity contribution in [3.63, 3.8) is 0 Å². The molecule has 176 valence electrons. The van der Waals surface area contributed by atoms with Gasteiger partial charge in [0.2, 0.25) is 0 Å². The Hall–Kier alpha value is -3.75. The number of rotatable bonds is 8. The second-order valence-corrected chi connectivity index (χ2v) is 7.29. The van der Waals surface area contributed by atoms with Gasteiger partial charge in [-0.3, -0.25) is 0 Å². The first-order chi connectivity index (χ1) is 15.0. The van der Waals surface area contributed by atoms with Crippen LogP contribution in [0.5, 0.6) is 11.5 Å². The standard InChI is InChI=1S/2C11H14O3.CH2O3/c2*1-8(2)7-14-10-6-4-3-5-9(10)11(12)13;2-1(3)4/h2*3-6,8H,7H2,1-2H3,(H,12,13);(H2,2,3,4). The van der Waals surface area contributed by atoms with Gasteiger partial charge in [0.15, 0.2) is 0 Å². The number of benzene rings is 2. The molecule has 0 aliphatic carbocycles. The van der Waals surface area contributed by atoms with E-state index in [-0.39, 0.29) is 11.1 Å². The molecule has 2 aromatic rings. The maximum absolute atomic E-state index is 10.8. The highest BCUT2D eigenvalue weighted by molar-refractivity contribution is 5.91. The molecule has 0 spiro atoms. The molecule has 4 N–H and O–H groups in total. The van der Waals surface area contributed by atoms with Crippen molar-refractivity contribution in [2.24, 2.45) is 11.8 Å². The fourth-order valence-electron chi connectivity index (χ4n) is 2.05. The second kappa shape index (κ2) is 15.1. The van der Waals surface area contributed by atoms with E-state index in [1.165, 1.54) is 12.1 Å². The third-order valence-corrected chi connectivity index (χ3v) is 3.38. The topological polar surface area (TPSA) is 151 Å². The van der Waals surface area contributed by atoms with Crippen molar-refractivity contribution in [1.82, 2.24) is 0 Å². The number of ether oxygens (including phenoxy) is 2. The van der Waals surface area contributed by atoms with Crippen LogP contribution in [0, 0.1) is 11.8 Å². The molecule has 2 aromatic carbocycles. The van der Waals surface area contributed by atoms with Gasteiger partial charge in [0, 0.05) is 0 Å². The summed E-state index contributed by atoms with van der Waals surface area (Å²) in [6, 6.07) is 13.3. The van der Waals surface area contributed by atoms with Crippen LogP contribution in [0.2, 0.25) is 0 Å². The largest absolute Gasteiger partial charge is 0.503 e. The van der Waals surface area contributed by atoms with Gasteiger partial charge in [0.05, 0.1) is 13.2 Å². The number of carbonyl (C=O) groups is 3. The number of carboxylic acid groups (broad SMARTS) is 4. The highest BCUT2D eigenvalue weighted by Gasteiger charge is 2.11. The molecule has 0 heterocycles. The van der Waals surface area contributed by atoms with Crippen molar-refractivity contribution in [2.75, 3.05) is 13.2 Å². The molecular formula is C23H30O9. The Morgan fingerprint density at radius 2 is 0.938 bits per heavy atom. The van der Waals surface area contributed by atoms with Gasteiger partial charge in [0.25, 0.3) is 0 Å². The lowest BCUT2D eigenvalue weighted by molar-refractivity contribution is 0.0680. The Morgan fingerprint density at radius 3 is 1.19 bits per heavy atom. The minimum atomic E-state index is -1.83. The van der Waals surface area contributed by atoms with Crippen molar-refractivity contribution < 1.29 is 44.3 Å². The smallest absolute Gasteiger partial charge is 0.492 e. The van der Waals surface area contributed by atoms with Gasteiger partial charge < -0.3 is 29.9 Å². The van der Waals surface area contributed by atoms with Crippen LogP contribution in [0.1, 0.15) is 48.4 Å². The Kier molecular flexibility index (Phi) is 13.3. The summed E-state index contributed by atoms with van der Waals surface area (Å²) in [6.07, 6.45) is -1.83. The first-order valence-electron chi connectivity index (χ1n) is 9.77. The number of para-hydroxylation sites is 2. The normalized spacial score (nSPS) is 9.69. The SMILES string of the molecule is CC(C)COc1ccccc1C(=O)O.CC(C)COc1ccccc1C(=O)O.O=C(O)O. The van der Waals surface area contributed by atoms with Gasteiger partial charge in [-0.2, -0.15) is 0 Å². The van der Waals surface area contributed by atoms with Gasteiger partial charge in [-0.15, -0.1) is 0 Å². The van der Waals surface area contributed by atoms with Gasteiger partial charge in [-0.25, -0.2) is 14.4 Å². The number of hydrogen-bond donors (Lipinski definition) is 4. The molecular weight excluding hydrogens is 420 g/mol.